The summed E-state index contributed by atoms with van der Waals surface area (Å²) in [6, 6.07) is 6.18. The second kappa shape index (κ2) is 5.24. The molecule has 0 saturated carbocycles. The predicted molar refractivity (Wildman–Crippen MR) is 77.0 cm³/mol. The van der Waals surface area contributed by atoms with Crippen molar-refractivity contribution in [3.8, 4) is 11.5 Å². The summed E-state index contributed by atoms with van der Waals surface area (Å²) in [5, 5.41) is 10.2. The molecule has 1 aromatic heterocycles. The van der Waals surface area contributed by atoms with Crippen molar-refractivity contribution >= 4 is 0 Å². The summed E-state index contributed by atoms with van der Waals surface area (Å²) in [5.74, 6) is 0.357. The Bertz CT molecular complexity index is 633. The van der Waals surface area contributed by atoms with Crippen LogP contribution < -0.4 is 0 Å². The molecule has 1 fully saturated rings. The first kappa shape index (κ1) is 14.2. The van der Waals surface area contributed by atoms with Gasteiger partial charge in [-0.05, 0) is 24.1 Å². The molecule has 1 aliphatic rings. The molecule has 1 aromatic carbocycles. The first-order valence-electron chi connectivity index (χ1n) is 7.11. The summed E-state index contributed by atoms with van der Waals surface area (Å²) in [6.45, 7) is 5.97. The second-order valence-corrected chi connectivity index (χ2v) is 6.06. The van der Waals surface area contributed by atoms with Crippen LogP contribution in [-0.2, 0) is 6.54 Å². The van der Waals surface area contributed by atoms with Crippen LogP contribution in [-0.4, -0.2) is 33.7 Å². The number of benzene rings is 1. The van der Waals surface area contributed by atoms with Crippen molar-refractivity contribution in [2.24, 2.45) is 5.92 Å². The van der Waals surface area contributed by atoms with Crippen LogP contribution in [0.4, 0.5) is 4.39 Å². The molecule has 0 aliphatic carbocycles. The van der Waals surface area contributed by atoms with Gasteiger partial charge in [0, 0.05) is 25.2 Å². The number of rotatable bonds is 4. The molecule has 3 rings (SSSR count). The molecule has 0 atom stereocenters. The maximum absolute atomic E-state index is 13.2. The first-order valence-corrected chi connectivity index (χ1v) is 7.11. The van der Waals surface area contributed by atoms with Crippen LogP contribution >= 0.6 is 0 Å². The van der Waals surface area contributed by atoms with Crippen LogP contribution in [0.15, 0.2) is 34.9 Å². The van der Waals surface area contributed by atoms with Gasteiger partial charge in [0.1, 0.15) is 12.1 Å². The lowest BCUT2D eigenvalue weighted by Gasteiger charge is -2.48. The summed E-state index contributed by atoms with van der Waals surface area (Å²) >= 11 is 0. The van der Waals surface area contributed by atoms with E-state index in [0.717, 1.165) is 5.69 Å². The standard InChI is InChI=1S/C16H19FN2O2/c1-11(2)16(20)9-19(10-16)7-14-8-21-15(18-14)12-4-3-5-13(17)6-12/h3-6,8,11,20H,7,9-10H2,1-2H3. The van der Waals surface area contributed by atoms with Gasteiger partial charge in [0.15, 0.2) is 0 Å². The maximum Gasteiger partial charge on any atom is 0.226 e. The van der Waals surface area contributed by atoms with Crippen LogP contribution in [0.5, 0.6) is 0 Å². The Hall–Kier alpha value is -1.72. The van der Waals surface area contributed by atoms with E-state index < -0.39 is 5.60 Å². The van der Waals surface area contributed by atoms with Crippen LogP contribution in [0, 0.1) is 11.7 Å². The van der Waals surface area contributed by atoms with Gasteiger partial charge >= 0.3 is 0 Å². The van der Waals surface area contributed by atoms with Crippen molar-refractivity contribution in [2.45, 2.75) is 26.0 Å². The normalized spacial score (nSPS) is 18.0. The highest BCUT2D eigenvalue weighted by atomic mass is 19.1. The maximum atomic E-state index is 13.2. The second-order valence-electron chi connectivity index (χ2n) is 6.06. The highest BCUT2D eigenvalue weighted by Crippen LogP contribution is 2.30. The fraction of sp³-hybridized carbons (Fsp3) is 0.438. The number of aromatic nitrogens is 1. The Morgan fingerprint density at radius 3 is 2.86 bits per heavy atom. The molecule has 2 aromatic rings. The van der Waals surface area contributed by atoms with Crippen molar-refractivity contribution in [1.82, 2.24) is 9.88 Å². The van der Waals surface area contributed by atoms with Crippen molar-refractivity contribution in [2.75, 3.05) is 13.1 Å². The molecule has 1 aliphatic heterocycles. The van der Waals surface area contributed by atoms with E-state index in [2.05, 4.69) is 9.88 Å². The monoisotopic (exact) mass is 290 g/mol. The topological polar surface area (TPSA) is 49.5 Å². The smallest absolute Gasteiger partial charge is 0.226 e. The van der Waals surface area contributed by atoms with Gasteiger partial charge in [0.2, 0.25) is 5.89 Å². The molecular weight excluding hydrogens is 271 g/mol. The molecular formula is C16H19FN2O2. The van der Waals surface area contributed by atoms with Gasteiger partial charge in [-0.2, -0.15) is 0 Å². The average Bonchev–Trinajstić information content (AvgIpc) is 2.85. The first-order chi connectivity index (χ1) is 9.96. The summed E-state index contributed by atoms with van der Waals surface area (Å²) in [4.78, 5) is 6.50. The SMILES string of the molecule is CC(C)C1(O)CN(Cc2coc(-c3cccc(F)c3)n2)C1. The predicted octanol–water partition coefficient (Wildman–Crippen LogP) is 2.68. The number of aliphatic hydroxyl groups is 1. The molecule has 21 heavy (non-hydrogen) atoms. The Labute approximate surface area is 123 Å². The summed E-state index contributed by atoms with van der Waals surface area (Å²) in [5.41, 5.74) is 0.832. The Kier molecular flexibility index (Phi) is 3.55. The number of likely N-dealkylation sites (tertiary alicyclic amines) is 1. The van der Waals surface area contributed by atoms with E-state index in [1.165, 1.54) is 12.1 Å². The molecule has 112 valence electrons. The Morgan fingerprint density at radius 2 is 2.19 bits per heavy atom. The van der Waals surface area contributed by atoms with E-state index in [9.17, 15) is 9.50 Å². The van der Waals surface area contributed by atoms with Crippen LogP contribution in [0.25, 0.3) is 11.5 Å². The zero-order valence-electron chi connectivity index (χ0n) is 12.2. The molecule has 4 nitrogen and oxygen atoms in total. The zero-order chi connectivity index (χ0) is 15.0. The quantitative estimate of drug-likeness (QED) is 0.940. The summed E-state index contributed by atoms with van der Waals surface area (Å²) in [6.07, 6.45) is 1.59. The van der Waals surface area contributed by atoms with E-state index in [-0.39, 0.29) is 11.7 Å². The third-order valence-electron chi connectivity index (χ3n) is 4.08. The lowest BCUT2D eigenvalue weighted by Crippen LogP contribution is -2.63. The number of hydrogen-bond donors (Lipinski definition) is 1. The highest BCUT2D eigenvalue weighted by molar-refractivity contribution is 5.52. The van der Waals surface area contributed by atoms with Gasteiger partial charge in [0.25, 0.3) is 0 Å². The minimum atomic E-state index is -0.588. The largest absolute Gasteiger partial charge is 0.444 e. The van der Waals surface area contributed by atoms with Crippen LogP contribution in [0.2, 0.25) is 0 Å². The van der Waals surface area contributed by atoms with Gasteiger partial charge in [-0.25, -0.2) is 9.37 Å². The van der Waals surface area contributed by atoms with Crippen molar-refractivity contribution in [3.63, 3.8) is 0 Å². The van der Waals surface area contributed by atoms with E-state index in [4.69, 9.17) is 4.42 Å². The third kappa shape index (κ3) is 2.84. The third-order valence-corrected chi connectivity index (χ3v) is 4.08. The van der Waals surface area contributed by atoms with Crippen molar-refractivity contribution < 1.29 is 13.9 Å². The minimum absolute atomic E-state index is 0.244. The minimum Gasteiger partial charge on any atom is -0.444 e. The Morgan fingerprint density at radius 1 is 1.43 bits per heavy atom. The average molecular weight is 290 g/mol. The number of halogens is 1. The van der Waals surface area contributed by atoms with Crippen LogP contribution in [0.1, 0.15) is 19.5 Å². The van der Waals surface area contributed by atoms with Gasteiger partial charge in [-0.1, -0.05) is 19.9 Å². The highest BCUT2D eigenvalue weighted by Gasteiger charge is 2.43. The fourth-order valence-corrected chi connectivity index (χ4v) is 2.57. The molecule has 0 radical (unpaired) electrons. The number of oxazole rings is 1. The molecule has 1 saturated heterocycles. The summed E-state index contributed by atoms with van der Waals surface area (Å²) < 4.78 is 18.6. The van der Waals surface area contributed by atoms with Crippen molar-refractivity contribution in [1.29, 1.82) is 0 Å². The van der Waals surface area contributed by atoms with Gasteiger partial charge in [-0.15, -0.1) is 0 Å². The molecule has 2 heterocycles. The van der Waals surface area contributed by atoms with Gasteiger partial charge < -0.3 is 9.52 Å². The molecule has 1 N–H and O–H groups in total. The van der Waals surface area contributed by atoms with Gasteiger partial charge in [-0.3, -0.25) is 4.90 Å². The van der Waals surface area contributed by atoms with E-state index in [1.54, 1.807) is 18.4 Å². The molecule has 0 unspecified atom stereocenters. The fourth-order valence-electron chi connectivity index (χ4n) is 2.57. The summed E-state index contributed by atoms with van der Waals surface area (Å²) in [7, 11) is 0. The molecule has 5 heteroatoms. The molecule has 0 bridgehead atoms. The van der Waals surface area contributed by atoms with Crippen LogP contribution in [0.3, 0.4) is 0 Å². The lowest BCUT2D eigenvalue weighted by atomic mass is 9.83. The van der Waals surface area contributed by atoms with E-state index >= 15 is 0 Å². The number of β-amino-alcohol motifs (C(OH)–C–C–N with tert-alkyl or cyclic N) is 1. The Balaban J connectivity index is 1.65. The van der Waals surface area contributed by atoms with Gasteiger partial charge in [0.05, 0.1) is 11.3 Å². The van der Waals surface area contributed by atoms with Crippen molar-refractivity contribution in [3.05, 3.63) is 42.0 Å². The zero-order valence-corrected chi connectivity index (χ0v) is 12.2. The number of hydrogen-bond acceptors (Lipinski definition) is 4. The van der Waals surface area contributed by atoms with E-state index in [1.807, 2.05) is 13.8 Å². The molecule has 0 spiro atoms. The van der Waals surface area contributed by atoms with E-state index in [0.29, 0.717) is 31.1 Å². The number of nitrogens with zero attached hydrogens (tertiary/aromatic N) is 2. The lowest BCUT2D eigenvalue weighted by molar-refractivity contribution is -0.131. The molecule has 0 amide bonds.